The van der Waals surface area contributed by atoms with Crippen LogP contribution in [0.2, 0.25) is 0 Å². The van der Waals surface area contributed by atoms with Crippen LogP contribution >= 0.6 is 11.6 Å². The maximum Gasteiger partial charge on any atom is 0.100 e. The normalized spacial score (nSPS) is 29.1. The Kier molecular flexibility index (Phi) is 6.21. The Hall–Kier alpha value is 0.170. The fraction of sp³-hybridized carbons (Fsp3) is 1.00. The molecule has 102 valence electrons. The largest absolute Gasteiger partial charge is 0.379 e. The van der Waals surface area contributed by atoms with Crippen LogP contribution in [-0.4, -0.2) is 43.5 Å². The van der Waals surface area contributed by atoms with Crippen LogP contribution < -0.4 is 0 Å². The predicted molar refractivity (Wildman–Crippen MR) is 69.7 cm³/mol. The highest BCUT2D eigenvalue weighted by atomic mass is 35.5. The lowest BCUT2D eigenvalue weighted by Gasteiger charge is -2.41. The first-order valence-electron chi connectivity index (χ1n) is 6.42. The molecule has 1 aliphatic rings. The fourth-order valence-corrected chi connectivity index (χ4v) is 2.12. The Bertz CT molecular complexity index is 221. The van der Waals surface area contributed by atoms with Crippen molar-refractivity contribution in [2.24, 2.45) is 0 Å². The van der Waals surface area contributed by atoms with E-state index in [4.69, 9.17) is 25.8 Å². The lowest BCUT2D eigenvalue weighted by molar-refractivity contribution is -0.132. The summed E-state index contributed by atoms with van der Waals surface area (Å²) in [5.41, 5.74) is -0.121. The second-order valence-electron chi connectivity index (χ2n) is 5.21. The molecule has 0 saturated heterocycles. The van der Waals surface area contributed by atoms with Gasteiger partial charge in [-0.2, -0.15) is 0 Å². The number of alkyl halides is 1. The molecule has 0 bridgehead atoms. The lowest BCUT2D eigenvalue weighted by atomic mass is 9.91. The molecule has 1 fully saturated rings. The summed E-state index contributed by atoms with van der Waals surface area (Å²) in [6, 6.07) is 0. The maximum atomic E-state index is 6.11. The second-order valence-corrected chi connectivity index (χ2v) is 5.77. The number of hydrogen-bond acceptors (Lipinski definition) is 3. The van der Waals surface area contributed by atoms with Crippen molar-refractivity contribution in [2.75, 3.05) is 20.3 Å². The highest BCUT2D eigenvalue weighted by Crippen LogP contribution is 2.32. The summed E-state index contributed by atoms with van der Waals surface area (Å²) >= 11 is 6.11. The summed E-state index contributed by atoms with van der Waals surface area (Å²) in [6.07, 6.45) is 3.03. The first-order valence-corrected chi connectivity index (χ1v) is 6.86. The molecule has 0 aliphatic heterocycles. The zero-order valence-electron chi connectivity index (χ0n) is 11.4. The zero-order valence-corrected chi connectivity index (χ0v) is 12.1. The molecule has 1 aliphatic carbocycles. The van der Waals surface area contributed by atoms with E-state index in [-0.39, 0.29) is 23.2 Å². The van der Waals surface area contributed by atoms with Gasteiger partial charge >= 0.3 is 0 Å². The minimum Gasteiger partial charge on any atom is -0.379 e. The van der Waals surface area contributed by atoms with Crippen LogP contribution in [0.3, 0.4) is 0 Å². The van der Waals surface area contributed by atoms with E-state index in [1.54, 1.807) is 7.11 Å². The van der Waals surface area contributed by atoms with E-state index >= 15 is 0 Å². The van der Waals surface area contributed by atoms with Crippen molar-refractivity contribution >= 4 is 11.6 Å². The van der Waals surface area contributed by atoms with Crippen LogP contribution in [0, 0.1) is 0 Å². The van der Waals surface area contributed by atoms with Crippen LogP contribution in [0.5, 0.6) is 0 Å². The van der Waals surface area contributed by atoms with Crippen LogP contribution in [0.15, 0.2) is 0 Å². The van der Waals surface area contributed by atoms with Gasteiger partial charge in [-0.05, 0) is 33.1 Å². The summed E-state index contributed by atoms with van der Waals surface area (Å²) in [4.78, 5) is 0. The van der Waals surface area contributed by atoms with Crippen molar-refractivity contribution in [3.63, 3.8) is 0 Å². The number of hydrogen-bond donors (Lipinski definition) is 0. The van der Waals surface area contributed by atoms with Gasteiger partial charge in [-0.25, -0.2) is 0 Å². The number of ether oxygens (including phenoxy) is 3. The van der Waals surface area contributed by atoms with E-state index < -0.39 is 0 Å². The standard InChI is InChI=1S/C13H25ClO3/c1-5-7-17-12-10(14)9-11(12)16-8-6-13(2,3)15-4/h10-12H,5-9H2,1-4H3. The Labute approximate surface area is 110 Å². The van der Waals surface area contributed by atoms with Gasteiger partial charge in [0.1, 0.15) is 6.10 Å². The molecule has 0 heterocycles. The first-order chi connectivity index (χ1) is 8.00. The monoisotopic (exact) mass is 264 g/mol. The van der Waals surface area contributed by atoms with E-state index in [0.29, 0.717) is 6.61 Å². The highest BCUT2D eigenvalue weighted by molar-refractivity contribution is 6.21. The van der Waals surface area contributed by atoms with Crippen LogP contribution in [-0.2, 0) is 14.2 Å². The number of halogens is 1. The Morgan fingerprint density at radius 2 is 1.94 bits per heavy atom. The van der Waals surface area contributed by atoms with Gasteiger partial charge in [0, 0.05) is 20.3 Å². The summed E-state index contributed by atoms with van der Waals surface area (Å²) in [5.74, 6) is 0. The van der Waals surface area contributed by atoms with Crippen molar-refractivity contribution < 1.29 is 14.2 Å². The number of methoxy groups -OCH3 is 1. The zero-order chi connectivity index (χ0) is 12.9. The maximum absolute atomic E-state index is 6.11. The van der Waals surface area contributed by atoms with Crippen molar-refractivity contribution in [1.82, 2.24) is 0 Å². The fourth-order valence-electron chi connectivity index (χ4n) is 1.71. The SMILES string of the molecule is CCCOC1C(Cl)CC1OCCC(C)(C)OC. The molecule has 1 saturated carbocycles. The van der Waals surface area contributed by atoms with Crippen molar-refractivity contribution in [3.8, 4) is 0 Å². The molecule has 0 aromatic heterocycles. The summed E-state index contributed by atoms with van der Waals surface area (Å²) in [6.45, 7) is 7.68. The average Bonchev–Trinajstić information content (AvgIpc) is 2.28. The first kappa shape index (κ1) is 15.2. The Morgan fingerprint density at radius 3 is 2.47 bits per heavy atom. The molecular formula is C13H25ClO3. The highest BCUT2D eigenvalue weighted by Gasteiger charge is 2.41. The smallest absolute Gasteiger partial charge is 0.100 e. The number of rotatable bonds is 8. The second kappa shape index (κ2) is 6.93. The lowest BCUT2D eigenvalue weighted by Crippen LogP contribution is -2.51. The van der Waals surface area contributed by atoms with E-state index in [1.807, 2.05) is 0 Å². The van der Waals surface area contributed by atoms with Crippen LogP contribution in [0.4, 0.5) is 0 Å². The molecule has 0 spiro atoms. The summed E-state index contributed by atoms with van der Waals surface area (Å²) in [7, 11) is 1.73. The molecule has 0 radical (unpaired) electrons. The molecule has 4 heteroatoms. The van der Waals surface area contributed by atoms with Gasteiger partial charge in [0.15, 0.2) is 0 Å². The van der Waals surface area contributed by atoms with Gasteiger partial charge in [0.2, 0.25) is 0 Å². The molecule has 0 amide bonds. The van der Waals surface area contributed by atoms with Gasteiger partial charge in [-0.1, -0.05) is 6.92 Å². The van der Waals surface area contributed by atoms with Crippen molar-refractivity contribution in [1.29, 1.82) is 0 Å². The summed E-state index contributed by atoms with van der Waals surface area (Å²) < 4.78 is 16.8. The van der Waals surface area contributed by atoms with E-state index in [1.165, 1.54) is 0 Å². The Balaban J connectivity index is 2.19. The molecule has 3 unspecified atom stereocenters. The summed E-state index contributed by atoms with van der Waals surface area (Å²) in [5, 5.41) is 0.113. The molecule has 0 N–H and O–H groups in total. The van der Waals surface area contributed by atoms with E-state index in [9.17, 15) is 0 Å². The molecule has 3 nitrogen and oxygen atoms in total. The van der Waals surface area contributed by atoms with Crippen molar-refractivity contribution in [3.05, 3.63) is 0 Å². The third-order valence-electron chi connectivity index (χ3n) is 3.28. The third kappa shape index (κ3) is 4.74. The van der Waals surface area contributed by atoms with Gasteiger partial charge in [-0.3, -0.25) is 0 Å². The molecule has 0 aromatic carbocycles. The average molecular weight is 265 g/mol. The van der Waals surface area contributed by atoms with Gasteiger partial charge < -0.3 is 14.2 Å². The van der Waals surface area contributed by atoms with E-state index in [2.05, 4.69) is 20.8 Å². The minimum atomic E-state index is -0.121. The topological polar surface area (TPSA) is 27.7 Å². The minimum absolute atomic E-state index is 0.0715. The quantitative estimate of drug-likeness (QED) is 0.631. The van der Waals surface area contributed by atoms with E-state index in [0.717, 1.165) is 25.9 Å². The van der Waals surface area contributed by atoms with Crippen LogP contribution in [0.1, 0.15) is 40.0 Å². The molecule has 3 atom stereocenters. The van der Waals surface area contributed by atoms with Crippen LogP contribution in [0.25, 0.3) is 0 Å². The molecule has 1 rings (SSSR count). The molecule has 0 aromatic rings. The van der Waals surface area contributed by atoms with Gasteiger partial charge in [0.05, 0.1) is 17.1 Å². The van der Waals surface area contributed by atoms with Crippen molar-refractivity contribution in [2.45, 2.75) is 63.2 Å². The van der Waals surface area contributed by atoms with Gasteiger partial charge in [0.25, 0.3) is 0 Å². The molecule has 17 heavy (non-hydrogen) atoms. The predicted octanol–water partition coefficient (Wildman–Crippen LogP) is 2.99. The van der Waals surface area contributed by atoms with Gasteiger partial charge in [-0.15, -0.1) is 11.6 Å². The molecular weight excluding hydrogens is 240 g/mol. The third-order valence-corrected chi connectivity index (χ3v) is 3.71. The Morgan fingerprint density at radius 1 is 1.24 bits per heavy atom.